The fraction of sp³-hybridized carbons (Fsp3) is 0.440. The number of hydrogen-bond donors (Lipinski definition) is 1. The van der Waals surface area contributed by atoms with Gasteiger partial charge >= 0.3 is 0 Å². The van der Waals surface area contributed by atoms with Crippen LogP contribution in [0.2, 0.25) is 15.1 Å². The van der Waals surface area contributed by atoms with E-state index in [0.29, 0.717) is 0 Å². The van der Waals surface area contributed by atoms with Gasteiger partial charge in [-0.2, -0.15) is 0 Å². The normalized spacial score (nSPS) is 14.9. The number of benzene rings is 2. The lowest BCUT2D eigenvalue weighted by molar-refractivity contribution is -0.139. The van der Waals surface area contributed by atoms with Gasteiger partial charge in [0.05, 0.1) is 27.0 Å². The summed E-state index contributed by atoms with van der Waals surface area (Å²) in [5.41, 5.74) is 1.85. The van der Waals surface area contributed by atoms with Gasteiger partial charge in [0, 0.05) is 12.6 Å². The number of carbonyl (C=O) groups is 2. The largest absolute Gasteiger partial charge is 0.352 e. The van der Waals surface area contributed by atoms with Gasteiger partial charge in [0.2, 0.25) is 21.8 Å². The van der Waals surface area contributed by atoms with Crippen LogP contribution in [0.1, 0.15) is 43.7 Å². The Morgan fingerprint density at radius 3 is 2.31 bits per heavy atom. The summed E-state index contributed by atoms with van der Waals surface area (Å²) in [5.74, 6) is -0.834. The zero-order valence-corrected chi connectivity index (χ0v) is 23.5. The molecule has 11 heteroatoms. The van der Waals surface area contributed by atoms with Gasteiger partial charge in [-0.05, 0) is 44.4 Å². The first-order chi connectivity index (χ1) is 16.9. The molecule has 2 aromatic rings. The molecule has 36 heavy (non-hydrogen) atoms. The first-order valence-corrected chi connectivity index (χ1v) is 14.6. The summed E-state index contributed by atoms with van der Waals surface area (Å²) in [7, 11) is -3.94. The molecule has 1 aliphatic carbocycles. The molecule has 2 amide bonds. The summed E-state index contributed by atoms with van der Waals surface area (Å²) in [6.07, 6.45) is 4.89. The van der Waals surface area contributed by atoms with E-state index < -0.39 is 28.5 Å². The van der Waals surface area contributed by atoms with Crippen molar-refractivity contribution in [3.63, 3.8) is 0 Å². The second kappa shape index (κ2) is 12.0. The van der Waals surface area contributed by atoms with Crippen molar-refractivity contribution in [2.45, 2.75) is 58.2 Å². The molecule has 0 spiro atoms. The second-order valence-corrected chi connectivity index (χ2v) is 12.3. The van der Waals surface area contributed by atoms with Gasteiger partial charge in [-0.25, -0.2) is 8.42 Å². The minimum absolute atomic E-state index is 0.0277. The SMILES string of the molecule is Cc1cccc(CN(C(=O)CN(c2cc(Cl)c(Cl)cc2Cl)S(C)(=O)=O)[C@@H](C)C(=O)NC2CCCC2)c1. The van der Waals surface area contributed by atoms with Crippen LogP contribution in [0.3, 0.4) is 0 Å². The molecule has 1 aliphatic rings. The standard InChI is InChI=1S/C25H30Cl3N3O4S/c1-16-7-6-8-18(11-16)14-30(17(2)25(33)29-19-9-4-5-10-19)24(32)15-31(36(3,34)35)23-13-21(27)20(26)12-22(23)28/h6-8,11-13,17,19H,4-5,9-10,14-15H2,1-3H3,(H,29,33)/t17-/m0/s1. The maximum Gasteiger partial charge on any atom is 0.244 e. The lowest BCUT2D eigenvalue weighted by atomic mass is 10.1. The number of aryl methyl sites for hydroxylation is 1. The van der Waals surface area contributed by atoms with Gasteiger partial charge in [0.1, 0.15) is 12.6 Å². The zero-order chi connectivity index (χ0) is 26.6. The Morgan fingerprint density at radius 1 is 1.06 bits per heavy atom. The monoisotopic (exact) mass is 573 g/mol. The van der Waals surface area contributed by atoms with Crippen LogP contribution in [-0.4, -0.2) is 50.0 Å². The highest BCUT2D eigenvalue weighted by Crippen LogP contribution is 2.35. The molecule has 7 nitrogen and oxygen atoms in total. The number of anilines is 1. The van der Waals surface area contributed by atoms with E-state index in [1.165, 1.54) is 17.0 Å². The van der Waals surface area contributed by atoms with Gasteiger partial charge < -0.3 is 10.2 Å². The fourth-order valence-electron chi connectivity index (χ4n) is 4.28. The Labute approximate surface area is 227 Å². The van der Waals surface area contributed by atoms with Gasteiger partial charge in [-0.1, -0.05) is 77.5 Å². The molecule has 0 bridgehead atoms. The molecule has 1 N–H and O–H groups in total. The Hall–Kier alpha value is -2.00. The van der Waals surface area contributed by atoms with Crippen molar-refractivity contribution in [1.29, 1.82) is 0 Å². The van der Waals surface area contributed by atoms with Crippen molar-refractivity contribution in [2.75, 3.05) is 17.1 Å². The third kappa shape index (κ3) is 7.28. The number of nitrogens with one attached hydrogen (secondary N) is 1. The van der Waals surface area contributed by atoms with Gasteiger partial charge in [0.25, 0.3) is 0 Å². The molecule has 0 aliphatic heterocycles. The summed E-state index contributed by atoms with van der Waals surface area (Å²) in [6.45, 7) is 3.15. The van der Waals surface area contributed by atoms with Crippen molar-refractivity contribution >= 4 is 62.3 Å². The van der Waals surface area contributed by atoms with E-state index in [0.717, 1.165) is 47.4 Å². The predicted octanol–water partition coefficient (Wildman–Crippen LogP) is 5.20. The van der Waals surface area contributed by atoms with Crippen LogP contribution in [0, 0.1) is 6.92 Å². The first kappa shape index (κ1) is 28.6. The predicted molar refractivity (Wildman–Crippen MR) is 145 cm³/mol. The molecule has 3 rings (SSSR count). The quantitative estimate of drug-likeness (QED) is 0.417. The average Bonchev–Trinajstić information content (AvgIpc) is 3.30. The molecule has 0 aromatic heterocycles. The molecule has 0 saturated heterocycles. The summed E-state index contributed by atoms with van der Waals surface area (Å²) < 4.78 is 26.3. The van der Waals surface area contributed by atoms with Gasteiger partial charge in [-0.15, -0.1) is 0 Å². The van der Waals surface area contributed by atoms with E-state index >= 15 is 0 Å². The maximum atomic E-state index is 13.6. The van der Waals surface area contributed by atoms with Crippen molar-refractivity contribution in [1.82, 2.24) is 10.2 Å². The zero-order valence-electron chi connectivity index (χ0n) is 20.4. The molecular weight excluding hydrogens is 545 g/mol. The molecule has 0 heterocycles. The Balaban J connectivity index is 1.93. The Kier molecular flexibility index (Phi) is 9.55. The van der Waals surface area contributed by atoms with E-state index in [9.17, 15) is 18.0 Å². The van der Waals surface area contributed by atoms with Crippen LogP contribution in [0.5, 0.6) is 0 Å². The van der Waals surface area contributed by atoms with Crippen molar-refractivity contribution in [2.24, 2.45) is 0 Å². The molecule has 0 unspecified atom stereocenters. The van der Waals surface area contributed by atoms with Crippen LogP contribution < -0.4 is 9.62 Å². The lowest BCUT2D eigenvalue weighted by Crippen LogP contribution is -2.52. The van der Waals surface area contributed by atoms with Gasteiger partial charge in [0.15, 0.2) is 0 Å². The maximum absolute atomic E-state index is 13.6. The summed E-state index contributed by atoms with van der Waals surface area (Å²) in [5, 5.41) is 3.31. The van der Waals surface area contributed by atoms with Crippen LogP contribution in [0.25, 0.3) is 0 Å². The minimum atomic E-state index is -3.94. The summed E-state index contributed by atoms with van der Waals surface area (Å²) in [6, 6.07) is 9.47. The minimum Gasteiger partial charge on any atom is -0.352 e. The smallest absolute Gasteiger partial charge is 0.244 e. The van der Waals surface area contributed by atoms with Gasteiger partial charge in [-0.3, -0.25) is 13.9 Å². The van der Waals surface area contributed by atoms with Crippen molar-refractivity contribution in [3.05, 3.63) is 62.6 Å². The Morgan fingerprint density at radius 2 is 1.69 bits per heavy atom. The number of nitrogens with zero attached hydrogens (tertiary/aromatic N) is 2. The lowest BCUT2D eigenvalue weighted by Gasteiger charge is -2.32. The highest BCUT2D eigenvalue weighted by Gasteiger charge is 2.32. The molecule has 1 fully saturated rings. The van der Waals surface area contributed by atoms with Crippen molar-refractivity contribution in [3.8, 4) is 0 Å². The third-order valence-corrected chi connectivity index (χ3v) is 8.39. The highest BCUT2D eigenvalue weighted by molar-refractivity contribution is 7.92. The van der Waals surface area contributed by atoms with Crippen LogP contribution in [0.15, 0.2) is 36.4 Å². The molecule has 1 atom stereocenters. The molecular formula is C25H30Cl3N3O4S. The summed E-state index contributed by atoms with van der Waals surface area (Å²) >= 11 is 18.4. The van der Waals surface area contributed by atoms with Crippen LogP contribution in [0.4, 0.5) is 5.69 Å². The summed E-state index contributed by atoms with van der Waals surface area (Å²) in [4.78, 5) is 28.1. The van der Waals surface area contributed by atoms with Crippen LogP contribution >= 0.6 is 34.8 Å². The average molecular weight is 575 g/mol. The van der Waals surface area contributed by atoms with E-state index in [2.05, 4.69) is 5.32 Å². The van der Waals surface area contributed by atoms with E-state index in [1.54, 1.807) is 6.92 Å². The first-order valence-electron chi connectivity index (χ1n) is 11.6. The molecule has 196 valence electrons. The molecule has 2 aromatic carbocycles. The fourth-order valence-corrected chi connectivity index (χ4v) is 5.83. The highest BCUT2D eigenvalue weighted by atomic mass is 35.5. The third-order valence-electron chi connectivity index (χ3n) is 6.24. The number of halogens is 3. The molecule has 0 radical (unpaired) electrons. The van der Waals surface area contributed by atoms with Crippen LogP contribution in [-0.2, 0) is 26.2 Å². The second-order valence-electron chi connectivity index (χ2n) is 9.16. The molecule has 1 saturated carbocycles. The number of rotatable bonds is 9. The van der Waals surface area contributed by atoms with Crippen molar-refractivity contribution < 1.29 is 18.0 Å². The van der Waals surface area contributed by atoms with E-state index in [-0.39, 0.29) is 39.2 Å². The number of amides is 2. The van der Waals surface area contributed by atoms with E-state index in [4.69, 9.17) is 34.8 Å². The number of sulfonamides is 1. The Bertz CT molecular complexity index is 1230. The topological polar surface area (TPSA) is 86.8 Å². The number of carbonyl (C=O) groups excluding carboxylic acids is 2. The number of hydrogen-bond acceptors (Lipinski definition) is 4. The van der Waals surface area contributed by atoms with E-state index in [1.807, 2.05) is 31.2 Å².